The van der Waals surface area contributed by atoms with Crippen molar-refractivity contribution in [3.8, 4) is 0 Å². The predicted octanol–water partition coefficient (Wildman–Crippen LogP) is 2.89. The molecule has 1 N–H and O–H groups in total. The number of rotatable bonds is 4. The van der Waals surface area contributed by atoms with Gasteiger partial charge in [0.05, 0.1) is 0 Å². The number of hydrogen-bond donors (Lipinski definition) is 1. The SMILES string of the molecule is ClCc1cccc(CNc2ncns2)c1. The zero-order valence-corrected chi connectivity index (χ0v) is 9.55. The summed E-state index contributed by atoms with van der Waals surface area (Å²) in [6, 6.07) is 8.17. The van der Waals surface area contributed by atoms with Gasteiger partial charge >= 0.3 is 0 Å². The fraction of sp³-hybridized carbons (Fsp3) is 0.200. The van der Waals surface area contributed by atoms with Gasteiger partial charge in [-0.15, -0.1) is 11.6 Å². The molecule has 0 fully saturated rings. The van der Waals surface area contributed by atoms with E-state index in [4.69, 9.17) is 11.6 Å². The highest BCUT2D eigenvalue weighted by molar-refractivity contribution is 7.09. The van der Waals surface area contributed by atoms with Crippen LogP contribution in [0.25, 0.3) is 0 Å². The molecular weight excluding hydrogens is 230 g/mol. The predicted molar refractivity (Wildman–Crippen MR) is 63.2 cm³/mol. The Labute approximate surface area is 97.3 Å². The van der Waals surface area contributed by atoms with Gasteiger partial charge in [-0.1, -0.05) is 24.3 Å². The van der Waals surface area contributed by atoms with Crippen LogP contribution in [0.1, 0.15) is 11.1 Å². The summed E-state index contributed by atoms with van der Waals surface area (Å²) in [5, 5.41) is 4.03. The molecular formula is C10H10ClN3S. The van der Waals surface area contributed by atoms with Gasteiger partial charge < -0.3 is 5.32 Å². The summed E-state index contributed by atoms with van der Waals surface area (Å²) in [5.74, 6) is 0.548. The molecule has 2 rings (SSSR count). The van der Waals surface area contributed by atoms with Gasteiger partial charge in [-0.25, -0.2) is 4.98 Å². The number of anilines is 1. The average molecular weight is 240 g/mol. The van der Waals surface area contributed by atoms with E-state index >= 15 is 0 Å². The minimum absolute atomic E-state index is 0.548. The minimum Gasteiger partial charge on any atom is -0.356 e. The summed E-state index contributed by atoms with van der Waals surface area (Å²) in [6.07, 6.45) is 1.54. The van der Waals surface area contributed by atoms with E-state index in [1.54, 1.807) is 6.33 Å². The van der Waals surface area contributed by atoms with Crippen molar-refractivity contribution in [2.24, 2.45) is 0 Å². The van der Waals surface area contributed by atoms with Crippen molar-refractivity contribution < 1.29 is 0 Å². The van der Waals surface area contributed by atoms with Gasteiger partial charge in [0.1, 0.15) is 6.33 Å². The number of aromatic nitrogens is 2. The van der Waals surface area contributed by atoms with Crippen LogP contribution in [0.2, 0.25) is 0 Å². The van der Waals surface area contributed by atoms with Gasteiger partial charge in [0.25, 0.3) is 0 Å². The maximum Gasteiger partial charge on any atom is 0.202 e. The lowest BCUT2D eigenvalue weighted by Crippen LogP contribution is -1.98. The lowest BCUT2D eigenvalue weighted by Gasteiger charge is -2.03. The monoisotopic (exact) mass is 239 g/mol. The van der Waals surface area contributed by atoms with E-state index in [1.807, 2.05) is 12.1 Å². The van der Waals surface area contributed by atoms with Gasteiger partial charge in [-0.2, -0.15) is 4.37 Å². The summed E-state index contributed by atoms with van der Waals surface area (Å²) in [6.45, 7) is 0.750. The third-order valence-corrected chi connectivity index (χ3v) is 2.88. The second-order valence-electron chi connectivity index (χ2n) is 3.05. The van der Waals surface area contributed by atoms with Gasteiger partial charge in [-0.3, -0.25) is 0 Å². The molecule has 1 aromatic carbocycles. The maximum atomic E-state index is 5.76. The quantitative estimate of drug-likeness (QED) is 0.834. The van der Waals surface area contributed by atoms with E-state index in [-0.39, 0.29) is 0 Å². The molecule has 5 heteroatoms. The first kappa shape index (κ1) is 10.4. The van der Waals surface area contributed by atoms with Crippen molar-refractivity contribution in [3.63, 3.8) is 0 Å². The molecule has 0 aliphatic carbocycles. The van der Waals surface area contributed by atoms with Crippen LogP contribution >= 0.6 is 23.1 Å². The number of nitrogens with one attached hydrogen (secondary N) is 1. The molecule has 0 saturated heterocycles. The molecule has 15 heavy (non-hydrogen) atoms. The Morgan fingerprint density at radius 2 is 2.20 bits per heavy atom. The van der Waals surface area contributed by atoms with Crippen LogP contribution in [0.3, 0.4) is 0 Å². The highest BCUT2D eigenvalue weighted by atomic mass is 35.5. The molecule has 2 aromatic rings. The zero-order valence-electron chi connectivity index (χ0n) is 7.98. The third-order valence-electron chi connectivity index (χ3n) is 1.95. The van der Waals surface area contributed by atoms with Crippen LogP contribution in [0.4, 0.5) is 5.13 Å². The number of nitrogens with zero attached hydrogens (tertiary/aromatic N) is 2. The highest BCUT2D eigenvalue weighted by Gasteiger charge is 1.97. The van der Waals surface area contributed by atoms with Crippen LogP contribution in [-0.2, 0) is 12.4 Å². The molecule has 0 spiro atoms. The average Bonchev–Trinajstić information content (AvgIpc) is 2.79. The topological polar surface area (TPSA) is 37.8 Å². The number of benzene rings is 1. The van der Waals surface area contributed by atoms with Gasteiger partial charge in [0.15, 0.2) is 0 Å². The summed E-state index contributed by atoms with van der Waals surface area (Å²) < 4.78 is 3.92. The number of alkyl halides is 1. The molecule has 0 amide bonds. The van der Waals surface area contributed by atoms with E-state index in [9.17, 15) is 0 Å². The second kappa shape index (κ2) is 5.09. The molecule has 0 radical (unpaired) electrons. The fourth-order valence-electron chi connectivity index (χ4n) is 1.25. The molecule has 1 heterocycles. The Balaban J connectivity index is 1.98. The Bertz CT molecular complexity index is 416. The fourth-order valence-corrected chi connectivity index (χ4v) is 1.84. The Kier molecular flexibility index (Phi) is 3.53. The van der Waals surface area contributed by atoms with Gasteiger partial charge in [0, 0.05) is 24.0 Å². The Morgan fingerprint density at radius 1 is 1.33 bits per heavy atom. The lowest BCUT2D eigenvalue weighted by atomic mass is 10.1. The van der Waals surface area contributed by atoms with Crippen molar-refractivity contribution >= 4 is 28.3 Å². The van der Waals surface area contributed by atoms with Gasteiger partial charge in [0.2, 0.25) is 5.13 Å². The van der Waals surface area contributed by atoms with E-state index in [1.165, 1.54) is 17.1 Å². The number of halogens is 1. The second-order valence-corrected chi connectivity index (χ2v) is 4.10. The molecule has 1 aromatic heterocycles. The van der Waals surface area contributed by atoms with E-state index in [2.05, 4.69) is 26.8 Å². The molecule has 0 aliphatic heterocycles. The van der Waals surface area contributed by atoms with Crippen molar-refractivity contribution in [1.82, 2.24) is 9.36 Å². The minimum atomic E-state index is 0.548. The zero-order chi connectivity index (χ0) is 10.5. The van der Waals surface area contributed by atoms with E-state index < -0.39 is 0 Å². The Morgan fingerprint density at radius 3 is 2.93 bits per heavy atom. The largest absolute Gasteiger partial charge is 0.356 e. The maximum absolute atomic E-state index is 5.76. The van der Waals surface area contributed by atoms with Crippen LogP contribution in [-0.4, -0.2) is 9.36 Å². The Hall–Kier alpha value is -1.13. The molecule has 0 unspecified atom stereocenters. The first-order valence-electron chi connectivity index (χ1n) is 4.53. The van der Waals surface area contributed by atoms with Crippen molar-refractivity contribution in [3.05, 3.63) is 41.7 Å². The van der Waals surface area contributed by atoms with Crippen molar-refractivity contribution in [2.45, 2.75) is 12.4 Å². The van der Waals surface area contributed by atoms with Crippen LogP contribution in [0.5, 0.6) is 0 Å². The molecule has 3 nitrogen and oxygen atoms in total. The van der Waals surface area contributed by atoms with Crippen LogP contribution in [0, 0.1) is 0 Å². The third kappa shape index (κ3) is 2.91. The van der Waals surface area contributed by atoms with Crippen LogP contribution < -0.4 is 5.32 Å². The van der Waals surface area contributed by atoms with E-state index in [0.717, 1.165) is 17.2 Å². The van der Waals surface area contributed by atoms with Crippen molar-refractivity contribution in [1.29, 1.82) is 0 Å². The summed E-state index contributed by atoms with van der Waals surface area (Å²) in [4.78, 5) is 4.04. The summed E-state index contributed by atoms with van der Waals surface area (Å²) in [7, 11) is 0. The van der Waals surface area contributed by atoms with Crippen LogP contribution in [0.15, 0.2) is 30.6 Å². The molecule has 0 atom stereocenters. The number of hydrogen-bond acceptors (Lipinski definition) is 4. The first-order chi connectivity index (χ1) is 7.38. The van der Waals surface area contributed by atoms with Crippen molar-refractivity contribution in [2.75, 3.05) is 5.32 Å². The normalized spacial score (nSPS) is 10.2. The smallest absolute Gasteiger partial charge is 0.202 e. The standard InChI is InChI=1S/C10H10ClN3S/c11-5-8-2-1-3-9(4-8)6-12-10-13-7-14-15-10/h1-4,7H,5-6H2,(H,12,13,14). The molecule has 0 bridgehead atoms. The first-order valence-corrected chi connectivity index (χ1v) is 5.83. The van der Waals surface area contributed by atoms with Gasteiger partial charge in [-0.05, 0) is 11.1 Å². The summed E-state index contributed by atoms with van der Waals surface area (Å²) >= 11 is 7.11. The molecule has 0 saturated carbocycles. The molecule has 0 aliphatic rings. The highest BCUT2D eigenvalue weighted by Crippen LogP contribution is 2.11. The molecule has 78 valence electrons. The lowest BCUT2D eigenvalue weighted by molar-refractivity contribution is 1.12. The summed E-state index contributed by atoms with van der Waals surface area (Å²) in [5.41, 5.74) is 2.33. The van der Waals surface area contributed by atoms with E-state index in [0.29, 0.717) is 5.88 Å².